The summed E-state index contributed by atoms with van der Waals surface area (Å²) in [6, 6.07) is 11.7. The van der Waals surface area contributed by atoms with Crippen LogP contribution in [0.2, 0.25) is 0 Å². The molecule has 0 aliphatic carbocycles. The smallest absolute Gasteiger partial charge is 0.269 e. The van der Waals surface area contributed by atoms with Gasteiger partial charge < -0.3 is 20.4 Å². The van der Waals surface area contributed by atoms with Crippen LogP contribution in [0, 0.1) is 0 Å². The third-order valence-electron chi connectivity index (χ3n) is 3.83. The highest BCUT2D eigenvalue weighted by atomic mass is 16.5. The van der Waals surface area contributed by atoms with Gasteiger partial charge in [-0.3, -0.25) is 4.79 Å². The van der Waals surface area contributed by atoms with Gasteiger partial charge >= 0.3 is 0 Å². The Morgan fingerprint density at radius 3 is 2.91 bits per heavy atom. The van der Waals surface area contributed by atoms with E-state index in [-0.39, 0.29) is 5.91 Å². The Balaban J connectivity index is 1.63. The number of anilines is 3. The second kappa shape index (κ2) is 4.74. The first kappa shape index (κ1) is 13.6. The third kappa shape index (κ3) is 2.38. The predicted molar refractivity (Wildman–Crippen MR) is 89.2 cm³/mol. The van der Waals surface area contributed by atoms with E-state index >= 15 is 0 Å². The molecule has 0 bridgehead atoms. The topological polar surface area (TPSA) is 79.0 Å². The number of carbonyl (C=O) groups excluding carboxylic acids is 1. The summed E-state index contributed by atoms with van der Waals surface area (Å²) in [6.07, 6.45) is 1.90. The maximum absolute atomic E-state index is 12.0. The average molecular weight is 308 g/mol. The Bertz CT molecular complexity index is 914. The summed E-state index contributed by atoms with van der Waals surface area (Å²) < 4.78 is 5.68. The molecular weight excluding hydrogens is 292 g/mol. The largest absolute Gasteiger partial charge is 0.474 e. The molecule has 3 aromatic rings. The molecule has 6 nitrogen and oxygen atoms in total. The molecule has 0 saturated carbocycles. The Labute approximate surface area is 132 Å². The summed E-state index contributed by atoms with van der Waals surface area (Å²) in [6.45, 7) is 3.45. The summed E-state index contributed by atoms with van der Waals surface area (Å²) in [7, 11) is 0. The molecule has 23 heavy (non-hydrogen) atoms. The lowest BCUT2D eigenvalue weighted by Gasteiger charge is -2.30. The first-order valence-electron chi connectivity index (χ1n) is 7.37. The van der Waals surface area contributed by atoms with E-state index in [2.05, 4.69) is 20.6 Å². The molecule has 1 amide bonds. The predicted octanol–water partition coefficient (Wildman–Crippen LogP) is 3.42. The van der Waals surface area contributed by atoms with Crippen LogP contribution in [-0.2, 0) is 4.79 Å². The molecule has 6 heteroatoms. The van der Waals surface area contributed by atoms with Crippen molar-refractivity contribution in [1.29, 1.82) is 0 Å². The summed E-state index contributed by atoms with van der Waals surface area (Å²) >= 11 is 0. The van der Waals surface area contributed by atoms with Gasteiger partial charge in [0, 0.05) is 17.4 Å². The second-order valence-corrected chi connectivity index (χ2v) is 6.01. The van der Waals surface area contributed by atoms with E-state index in [1.807, 2.05) is 36.5 Å². The number of ether oxygens (including phenoxy) is 1. The van der Waals surface area contributed by atoms with Crippen LogP contribution in [-0.4, -0.2) is 21.5 Å². The van der Waals surface area contributed by atoms with Crippen molar-refractivity contribution in [2.45, 2.75) is 19.4 Å². The fourth-order valence-electron chi connectivity index (χ4n) is 2.54. The van der Waals surface area contributed by atoms with E-state index in [0.717, 1.165) is 16.6 Å². The number of amides is 1. The van der Waals surface area contributed by atoms with Gasteiger partial charge in [0.15, 0.2) is 17.2 Å². The number of hydrogen-bond donors (Lipinski definition) is 3. The number of carbonyl (C=O) groups is 1. The molecule has 0 unspecified atom stereocenters. The zero-order valence-electron chi connectivity index (χ0n) is 12.8. The number of nitrogens with one attached hydrogen (secondary N) is 3. The quantitative estimate of drug-likeness (QED) is 0.678. The highest BCUT2D eigenvalue weighted by Gasteiger charge is 2.36. The van der Waals surface area contributed by atoms with Crippen molar-refractivity contribution in [3.05, 3.63) is 42.6 Å². The SMILES string of the molecule is CC1(C)Oc2ccc(Nc3ccc4cc[nH]c4c3)nc2NC1=O. The molecule has 1 aliphatic rings. The summed E-state index contributed by atoms with van der Waals surface area (Å²) in [5, 5.41) is 7.16. The highest BCUT2D eigenvalue weighted by Crippen LogP contribution is 2.33. The maximum atomic E-state index is 12.0. The fourth-order valence-corrected chi connectivity index (χ4v) is 2.54. The van der Waals surface area contributed by atoms with Gasteiger partial charge in [0.1, 0.15) is 5.82 Å². The first-order chi connectivity index (χ1) is 11.0. The van der Waals surface area contributed by atoms with Gasteiger partial charge in [-0.25, -0.2) is 4.98 Å². The monoisotopic (exact) mass is 308 g/mol. The van der Waals surface area contributed by atoms with Crippen molar-refractivity contribution < 1.29 is 9.53 Å². The summed E-state index contributed by atoms with van der Waals surface area (Å²) in [5.41, 5.74) is 1.07. The van der Waals surface area contributed by atoms with Crippen molar-refractivity contribution >= 4 is 34.1 Å². The molecule has 0 radical (unpaired) electrons. The van der Waals surface area contributed by atoms with Crippen molar-refractivity contribution in [3.8, 4) is 5.75 Å². The number of benzene rings is 1. The van der Waals surface area contributed by atoms with Crippen LogP contribution in [0.5, 0.6) is 5.75 Å². The number of pyridine rings is 1. The van der Waals surface area contributed by atoms with E-state index in [1.165, 1.54) is 0 Å². The van der Waals surface area contributed by atoms with Gasteiger partial charge in [0.2, 0.25) is 0 Å². The molecule has 3 N–H and O–H groups in total. The maximum Gasteiger partial charge on any atom is 0.269 e. The van der Waals surface area contributed by atoms with Crippen LogP contribution in [0.15, 0.2) is 42.6 Å². The zero-order valence-corrected chi connectivity index (χ0v) is 12.8. The Kier molecular flexibility index (Phi) is 2.81. The normalized spacial score (nSPS) is 15.7. The van der Waals surface area contributed by atoms with E-state index in [1.54, 1.807) is 19.9 Å². The lowest BCUT2D eigenvalue weighted by Crippen LogP contribution is -2.46. The van der Waals surface area contributed by atoms with Crippen LogP contribution in [0.3, 0.4) is 0 Å². The first-order valence-corrected chi connectivity index (χ1v) is 7.37. The standard InChI is InChI=1S/C17H16N4O2/c1-17(2)16(22)21-15-13(23-17)5-6-14(20-15)19-11-4-3-10-7-8-18-12(10)9-11/h3-9,18H,1-2H3,(H2,19,20,21,22). The van der Waals surface area contributed by atoms with Gasteiger partial charge in [-0.15, -0.1) is 0 Å². The number of rotatable bonds is 2. The Hall–Kier alpha value is -3.02. The van der Waals surface area contributed by atoms with Crippen LogP contribution in [0.1, 0.15) is 13.8 Å². The number of nitrogens with zero attached hydrogens (tertiary/aromatic N) is 1. The Morgan fingerprint density at radius 1 is 1.17 bits per heavy atom. The molecule has 3 heterocycles. The summed E-state index contributed by atoms with van der Waals surface area (Å²) in [5.74, 6) is 1.43. The van der Waals surface area contributed by atoms with E-state index < -0.39 is 5.60 Å². The summed E-state index contributed by atoms with van der Waals surface area (Å²) in [4.78, 5) is 19.6. The number of fused-ring (bicyclic) bond motifs is 2. The minimum absolute atomic E-state index is 0.206. The molecule has 1 aromatic carbocycles. The zero-order chi connectivity index (χ0) is 16.0. The molecule has 0 spiro atoms. The molecule has 0 saturated heterocycles. The fraction of sp³-hybridized carbons (Fsp3) is 0.176. The van der Waals surface area contributed by atoms with Crippen LogP contribution in [0.4, 0.5) is 17.3 Å². The van der Waals surface area contributed by atoms with Gasteiger partial charge in [-0.2, -0.15) is 0 Å². The lowest BCUT2D eigenvalue weighted by atomic mass is 10.1. The van der Waals surface area contributed by atoms with Crippen molar-refractivity contribution in [1.82, 2.24) is 9.97 Å². The van der Waals surface area contributed by atoms with Crippen LogP contribution >= 0.6 is 0 Å². The van der Waals surface area contributed by atoms with Crippen LogP contribution in [0.25, 0.3) is 10.9 Å². The van der Waals surface area contributed by atoms with Crippen molar-refractivity contribution in [2.24, 2.45) is 0 Å². The van der Waals surface area contributed by atoms with Crippen molar-refractivity contribution in [2.75, 3.05) is 10.6 Å². The van der Waals surface area contributed by atoms with Gasteiger partial charge in [0.05, 0.1) is 0 Å². The lowest BCUT2D eigenvalue weighted by molar-refractivity contribution is -0.129. The molecule has 0 atom stereocenters. The molecular formula is C17H16N4O2. The molecule has 2 aromatic heterocycles. The molecule has 1 aliphatic heterocycles. The van der Waals surface area contributed by atoms with E-state index in [9.17, 15) is 4.79 Å². The second-order valence-electron chi connectivity index (χ2n) is 6.01. The van der Waals surface area contributed by atoms with Gasteiger partial charge in [-0.1, -0.05) is 6.07 Å². The van der Waals surface area contributed by atoms with E-state index in [0.29, 0.717) is 17.4 Å². The third-order valence-corrected chi connectivity index (χ3v) is 3.83. The number of aromatic nitrogens is 2. The minimum Gasteiger partial charge on any atom is -0.474 e. The number of H-pyrrole nitrogens is 1. The van der Waals surface area contributed by atoms with Crippen molar-refractivity contribution in [3.63, 3.8) is 0 Å². The van der Waals surface area contributed by atoms with Gasteiger partial charge in [0.25, 0.3) is 5.91 Å². The Morgan fingerprint density at radius 2 is 2.04 bits per heavy atom. The number of aromatic amines is 1. The van der Waals surface area contributed by atoms with Gasteiger partial charge in [-0.05, 0) is 49.6 Å². The van der Waals surface area contributed by atoms with E-state index in [4.69, 9.17) is 4.74 Å². The highest BCUT2D eigenvalue weighted by molar-refractivity contribution is 5.99. The molecule has 4 rings (SSSR count). The minimum atomic E-state index is -0.887. The van der Waals surface area contributed by atoms with Crippen LogP contribution < -0.4 is 15.4 Å². The number of hydrogen-bond acceptors (Lipinski definition) is 4. The average Bonchev–Trinajstić information content (AvgIpc) is 2.96. The molecule has 116 valence electrons. The molecule has 0 fully saturated rings.